The first-order chi connectivity index (χ1) is 13.3. The molecule has 0 saturated carbocycles. The molecule has 0 unspecified atom stereocenters. The highest BCUT2D eigenvalue weighted by molar-refractivity contribution is 7.88. The van der Waals surface area contributed by atoms with Crippen LogP contribution in [0.5, 0.6) is 0 Å². The maximum Gasteiger partial charge on any atom is 0.246 e. The Hall–Kier alpha value is -1.86. The van der Waals surface area contributed by atoms with Gasteiger partial charge in [0, 0.05) is 32.3 Å². The van der Waals surface area contributed by atoms with Crippen molar-refractivity contribution in [1.82, 2.24) is 9.21 Å². The van der Waals surface area contributed by atoms with Gasteiger partial charge in [0.25, 0.3) is 0 Å². The van der Waals surface area contributed by atoms with Crippen LogP contribution in [0.4, 0.5) is 0 Å². The Kier molecular flexibility index (Phi) is 6.78. The summed E-state index contributed by atoms with van der Waals surface area (Å²) in [6, 6.07) is 14.2. The van der Waals surface area contributed by atoms with Gasteiger partial charge in [-0.2, -0.15) is 4.31 Å². The van der Waals surface area contributed by atoms with Crippen molar-refractivity contribution in [2.45, 2.75) is 5.75 Å². The molecule has 0 N–H and O–H groups in total. The fraction of sp³-hybridized carbons (Fsp3) is 0.250. The molecule has 2 aromatic carbocycles. The Morgan fingerprint density at radius 2 is 1.64 bits per heavy atom. The molecule has 5 nitrogen and oxygen atoms in total. The molecule has 1 saturated heterocycles. The quantitative estimate of drug-likeness (QED) is 0.668. The summed E-state index contributed by atoms with van der Waals surface area (Å²) in [7, 11) is -3.40. The van der Waals surface area contributed by atoms with Gasteiger partial charge >= 0.3 is 0 Å². The average molecular weight is 439 g/mol. The minimum Gasteiger partial charge on any atom is -0.337 e. The van der Waals surface area contributed by atoms with E-state index in [0.717, 1.165) is 11.1 Å². The van der Waals surface area contributed by atoms with E-state index < -0.39 is 10.0 Å². The van der Waals surface area contributed by atoms with Gasteiger partial charge in [0.15, 0.2) is 0 Å². The Balaban J connectivity index is 1.56. The summed E-state index contributed by atoms with van der Waals surface area (Å²) in [6.45, 7) is 1.31. The monoisotopic (exact) mass is 438 g/mol. The Bertz CT molecular complexity index is 970. The summed E-state index contributed by atoms with van der Waals surface area (Å²) in [5, 5.41) is 0.881. The average Bonchev–Trinajstić information content (AvgIpc) is 2.69. The maximum absolute atomic E-state index is 12.6. The van der Waals surface area contributed by atoms with Crippen LogP contribution in [-0.2, 0) is 20.6 Å². The van der Waals surface area contributed by atoms with Crippen molar-refractivity contribution < 1.29 is 13.2 Å². The van der Waals surface area contributed by atoms with Crippen molar-refractivity contribution >= 4 is 45.2 Å². The van der Waals surface area contributed by atoms with Gasteiger partial charge in [-0.3, -0.25) is 4.79 Å². The van der Waals surface area contributed by atoms with Gasteiger partial charge in [0.05, 0.1) is 15.8 Å². The molecule has 3 rings (SSSR count). The van der Waals surface area contributed by atoms with Gasteiger partial charge in [0.2, 0.25) is 15.9 Å². The minimum absolute atomic E-state index is 0.0288. The first kappa shape index (κ1) is 20.9. The van der Waals surface area contributed by atoms with Crippen LogP contribution in [0.1, 0.15) is 11.1 Å². The number of sulfonamides is 1. The van der Waals surface area contributed by atoms with E-state index >= 15 is 0 Å². The third-order valence-corrected chi connectivity index (χ3v) is 7.09. The lowest BCUT2D eigenvalue weighted by atomic mass is 10.2. The maximum atomic E-state index is 12.6. The molecule has 148 valence electrons. The number of nitrogens with zero attached hydrogens (tertiary/aromatic N) is 2. The number of rotatable bonds is 5. The van der Waals surface area contributed by atoms with Crippen LogP contribution in [0.2, 0.25) is 10.0 Å². The van der Waals surface area contributed by atoms with Crippen molar-refractivity contribution in [2.75, 3.05) is 26.2 Å². The summed E-state index contributed by atoms with van der Waals surface area (Å²) in [5.74, 6) is -0.190. The van der Waals surface area contributed by atoms with Crippen LogP contribution in [-0.4, -0.2) is 49.7 Å². The van der Waals surface area contributed by atoms with Crippen LogP contribution >= 0.6 is 23.2 Å². The van der Waals surface area contributed by atoms with Gasteiger partial charge in [-0.15, -0.1) is 0 Å². The van der Waals surface area contributed by atoms with Crippen molar-refractivity contribution in [1.29, 1.82) is 0 Å². The SMILES string of the molecule is O=C(C=Cc1ccc(Cl)c(Cl)c1)N1CCN(S(=O)(=O)Cc2ccccc2)CC1. The zero-order chi connectivity index (χ0) is 20.1. The van der Waals surface area contributed by atoms with E-state index in [1.807, 2.05) is 18.2 Å². The molecule has 8 heteroatoms. The highest BCUT2D eigenvalue weighted by Gasteiger charge is 2.28. The zero-order valence-corrected chi connectivity index (χ0v) is 17.4. The lowest BCUT2D eigenvalue weighted by Gasteiger charge is -2.33. The van der Waals surface area contributed by atoms with E-state index in [9.17, 15) is 13.2 Å². The molecule has 0 aliphatic carbocycles. The second-order valence-electron chi connectivity index (χ2n) is 6.47. The van der Waals surface area contributed by atoms with Crippen LogP contribution in [0.15, 0.2) is 54.6 Å². The molecule has 0 bridgehead atoms. The Morgan fingerprint density at radius 3 is 2.29 bits per heavy atom. The summed E-state index contributed by atoms with van der Waals surface area (Å²) in [5.41, 5.74) is 1.53. The first-order valence-electron chi connectivity index (χ1n) is 8.79. The molecule has 0 spiro atoms. The lowest BCUT2D eigenvalue weighted by molar-refractivity contribution is -0.127. The van der Waals surface area contributed by atoms with E-state index in [2.05, 4.69) is 0 Å². The summed E-state index contributed by atoms with van der Waals surface area (Å²) >= 11 is 11.9. The number of carbonyl (C=O) groups is 1. The number of amides is 1. The molecule has 1 heterocycles. The second kappa shape index (κ2) is 9.09. The standard InChI is InChI=1S/C20H20Cl2N2O3S/c21-18-8-6-16(14-19(18)22)7-9-20(25)23-10-12-24(13-11-23)28(26,27)15-17-4-2-1-3-5-17/h1-9,14H,10-13,15H2. The molecular weight excluding hydrogens is 419 g/mol. The first-order valence-corrected chi connectivity index (χ1v) is 11.2. The van der Waals surface area contributed by atoms with E-state index in [1.165, 1.54) is 10.4 Å². The molecule has 0 aromatic heterocycles. The number of halogens is 2. The highest BCUT2D eigenvalue weighted by atomic mass is 35.5. The third-order valence-electron chi connectivity index (χ3n) is 4.50. The summed E-state index contributed by atoms with van der Waals surface area (Å²) in [4.78, 5) is 14.0. The zero-order valence-electron chi connectivity index (χ0n) is 15.1. The van der Waals surface area contributed by atoms with Gasteiger partial charge < -0.3 is 4.90 Å². The predicted molar refractivity (Wildman–Crippen MR) is 113 cm³/mol. The van der Waals surface area contributed by atoms with Gasteiger partial charge in [-0.25, -0.2) is 8.42 Å². The molecule has 0 atom stereocenters. The van der Waals surface area contributed by atoms with Gasteiger partial charge in [-0.05, 0) is 29.3 Å². The molecule has 1 aliphatic heterocycles. The molecule has 0 radical (unpaired) electrons. The normalized spacial score (nSPS) is 15.9. The van der Waals surface area contributed by atoms with E-state index in [1.54, 1.807) is 41.3 Å². The van der Waals surface area contributed by atoms with Crippen molar-refractivity contribution in [3.05, 3.63) is 75.8 Å². The smallest absolute Gasteiger partial charge is 0.246 e. The minimum atomic E-state index is -3.40. The number of hydrogen-bond donors (Lipinski definition) is 0. The third kappa shape index (κ3) is 5.35. The van der Waals surface area contributed by atoms with Crippen LogP contribution in [0, 0.1) is 0 Å². The van der Waals surface area contributed by atoms with Crippen LogP contribution < -0.4 is 0 Å². The van der Waals surface area contributed by atoms with Gasteiger partial charge in [-0.1, -0.05) is 59.6 Å². The molecule has 1 fully saturated rings. The van der Waals surface area contributed by atoms with E-state index in [0.29, 0.717) is 36.2 Å². The lowest BCUT2D eigenvalue weighted by Crippen LogP contribution is -2.50. The molecule has 28 heavy (non-hydrogen) atoms. The summed E-state index contributed by atoms with van der Waals surface area (Å²) in [6.07, 6.45) is 3.14. The van der Waals surface area contributed by atoms with Crippen molar-refractivity contribution in [2.24, 2.45) is 0 Å². The second-order valence-corrected chi connectivity index (χ2v) is 9.26. The topological polar surface area (TPSA) is 57.7 Å². The fourth-order valence-corrected chi connectivity index (χ4v) is 4.77. The van der Waals surface area contributed by atoms with Crippen LogP contribution in [0.3, 0.4) is 0 Å². The predicted octanol–water partition coefficient (Wildman–Crippen LogP) is 3.68. The molecule has 2 aromatic rings. The number of benzene rings is 2. The highest BCUT2D eigenvalue weighted by Crippen LogP contribution is 2.23. The molecule has 1 amide bonds. The van der Waals surface area contributed by atoms with E-state index in [4.69, 9.17) is 23.2 Å². The fourth-order valence-electron chi connectivity index (χ4n) is 2.95. The number of piperazine rings is 1. The Labute approximate surface area is 175 Å². The van der Waals surface area contributed by atoms with Crippen LogP contribution in [0.25, 0.3) is 6.08 Å². The van der Waals surface area contributed by atoms with Gasteiger partial charge in [0.1, 0.15) is 0 Å². The van der Waals surface area contributed by atoms with Crippen molar-refractivity contribution in [3.8, 4) is 0 Å². The largest absolute Gasteiger partial charge is 0.337 e. The molecule has 1 aliphatic rings. The summed E-state index contributed by atoms with van der Waals surface area (Å²) < 4.78 is 26.6. The number of hydrogen-bond acceptors (Lipinski definition) is 3. The van der Waals surface area contributed by atoms with Crippen molar-refractivity contribution in [3.63, 3.8) is 0 Å². The molecular formula is C20H20Cl2N2O3S. The number of carbonyl (C=O) groups excluding carboxylic acids is 1. The van der Waals surface area contributed by atoms with E-state index in [-0.39, 0.29) is 11.7 Å². The Morgan fingerprint density at radius 1 is 0.964 bits per heavy atom.